The Hall–Kier alpha value is -2.09. The van der Waals surface area contributed by atoms with E-state index in [1.165, 1.54) is 12.1 Å². The van der Waals surface area contributed by atoms with Crippen molar-refractivity contribution in [1.82, 2.24) is 0 Å². The molecule has 8 heteroatoms. The van der Waals surface area contributed by atoms with Crippen molar-refractivity contribution in [2.45, 2.75) is 11.1 Å². The van der Waals surface area contributed by atoms with Gasteiger partial charge in [-0.2, -0.15) is 21.6 Å². The van der Waals surface area contributed by atoms with Crippen LogP contribution < -0.4 is 4.18 Å². The largest absolute Gasteiger partial charge is 0.416 e. The van der Waals surface area contributed by atoms with Gasteiger partial charge < -0.3 is 4.18 Å². The first-order valence-corrected chi connectivity index (χ1v) is 6.97. The van der Waals surface area contributed by atoms with E-state index in [0.29, 0.717) is 12.1 Å². The van der Waals surface area contributed by atoms with Crippen LogP contribution in [0, 0.1) is 5.82 Å². The maximum absolute atomic E-state index is 12.9. The average molecular weight is 320 g/mol. The predicted molar refractivity (Wildman–Crippen MR) is 65.7 cm³/mol. The molecule has 0 amide bonds. The first-order chi connectivity index (χ1) is 9.68. The third kappa shape index (κ3) is 3.72. The molecule has 0 aliphatic rings. The lowest BCUT2D eigenvalue weighted by atomic mass is 10.2. The summed E-state index contributed by atoms with van der Waals surface area (Å²) in [7, 11) is -4.33. The molecule has 0 spiro atoms. The summed E-state index contributed by atoms with van der Waals surface area (Å²) in [5, 5.41) is 0. The molecule has 0 fully saturated rings. The van der Waals surface area contributed by atoms with Crippen molar-refractivity contribution in [3.8, 4) is 5.75 Å². The molecular weight excluding hydrogens is 312 g/mol. The number of rotatable bonds is 3. The van der Waals surface area contributed by atoms with Gasteiger partial charge in [-0.15, -0.1) is 0 Å². The molecule has 0 unspecified atom stereocenters. The van der Waals surface area contributed by atoms with Crippen LogP contribution in [0.15, 0.2) is 53.4 Å². The second-order valence-corrected chi connectivity index (χ2v) is 5.56. The number of halogens is 4. The molecule has 21 heavy (non-hydrogen) atoms. The Morgan fingerprint density at radius 3 is 2.10 bits per heavy atom. The summed E-state index contributed by atoms with van der Waals surface area (Å²) in [5.74, 6) is -0.968. The third-order valence-electron chi connectivity index (χ3n) is 2.47. The minimum atomic E-state index is -4.56. The van der Waals surface area contributed by atoms with Gasteiger partial charge in [-0.05, 0) is 36.4 Å². The summed E-state index contributed by atoms with van der Waals surface area (Å²) < 4.78 is 78.4. The van der Waals surface area contributed by atoms with Crippen molar-refractivity contribution in [2.24, 2.45) is 0 Å². The first-order valence-electron chi connectivity index (χ1n) is 5.56. The molecule has 0 aliphatic heterocycles. The van der Waals surface area contributed by atoms with Gasteiger partial charge in [-0.3, -0.25) is 0 Å². The number of benzene rings is 2. The van der Waals surface area contributed by atoms with Crippen LogP contribution in [0.1, 0.15) is 5.56 Å². The lowest BCUT2D eigenvalue weighted by molar-refractivity contribution is -0.137. The van der Waals surface area contributed by atoms with Gasteiger partial charge in [0.05, 0.1) is 5.56 Å². The average Bonchev–Trinajstić information content (AvgIpc) is 2.37. The monoisotopic (exact) mass is 320 g/mol. The Bertz CT molecular complexity index is 737. The molecule has 3 nitrogen and oxygen atoms in total. The molecule has 2 aromatic carbocycles. The normalized spacial score (nSPS) is 12.2. The molecule has 0 atom stereocenters. The maximum Gasteiger partial charge on any atom is 0.416 e. The number of alkyl halides is 3. The molecule has 2 rings (SSSR count). The van der Waals surface area contributed by atoms with Crippen LogP contribution in [0.4, 0.5) is 17.6 Å². The van der Waals surface area contributed by atoms with E-state index >= 15 is 0 Å². The SMILES string of the molecule is O=S(=O)(Oc1cccc(F)c1)c1ccc(C(F)(F)F)cc1. The first kappa shape index (κ1) is 15.3. The van der Waals surface area contributed by atoms with Crippen LogP contribution in [-0.2, 0) is 16.3 Å². The zero-order valence-electron chi connectivity index (χ0n) is 10.3. The zero-order valence-corrected chi connectivity index (χ0v) is 11.1. The summed E-state index contributed by atoms with van der Waals surface area (Å²) in [6, 6.07) is 7.20. The lowest BCUT2D eigenvalue weighted by Gasteiger charge is -2.09. The maximum atomic E-state index is 12.9. The van der Waals surface area contributed by atoms with E-state index in [0.717, 1.165) is 24.3 Å². The fraction of sp³-hybridized carbons (Fsp3) is 0.0769. The van der Waals surface area contributed by atoms with E-state index in [-0.39, 0.29) is 5.75 Å². The second kappa shape index (κ2) is 5.36. The highest BCUT2D eigenvalue weighted by Crippen LogP contribution is 2.30. The van der Waals surface area contributed by atoms with Crippen molar-refractivity contribution in [3.05, 3.63) is 59.9 Å². The molecule has 0 saturated carbocycles. The molecule has 0 radical (unpaired) electrons. The van der Waals surface area contributed by atoms with Gasteiger partial charge in [0.15, 0.2) is 0 Å². The molecule has 112 valence electrons. The quantitative estimate of drug-likeness (QED) is 0.641. The minimum absolute atomic E-state index is 0.269. The second-order valence-electron chi connectivity index (χ2n) is 4.02. The van der Waals surface area contributed by atoms with Crippen molar-refractivity contribution in [2.75, 3.05) is 0 Å². The van der Waals surface area contributed by atoms with E-state index in [2.05, 4.69) is 4.18 Å². The Morgan fingerprint density at radius 1 is 0.952 bits per heavy atom. The molecule has 0 bridgehead atoms. The third-order valence-corrected chi connectivity index (χ3v) is 3.73. The molecule has 0 N–H and O–H groups in total. The molecule has 0 aromatic heterocycles. The minimum Gasteiger partial charge on any atom is -0.379 e. The molecule has 2 aromatic rings. The summed E-state index contributed by atoms with van der Waals surface area (Å²) in [6.45, 7) is 0. The molecule has 0 heterocycles. The fourth-order valence-electron chi connectivity index (χ4n) is 1.50. The Balaban J connectivity index is 2.28. The lowest BCUT2D eigenvalue weighted by Crippen LogP contribution is -2.11. The van der Waals surface area contributed by atoms with Crippen LogP contribution in [0.5, 0.6) is 5.75 Å². The number of hydrogen-bond acceptors (Lipinski definition) is 3. The van der Waals surface area contributed by atoms with Gasteiger partial charge in [0.1, 0.15) is 16.5 Å². The van der Waals surface area contributed by atoms with Crippen LogP contribution in [0.3, 0.4) is 0 Å². The van der Waals surface area contributed by atoms with E-state index in [9.17, 15) is 26.0 Å². The highest BCUT2D eigenvalue weighted by molar-refractivity contribution is 7.87. The van der Waals surface area contributed by atoms with Gasteiger partial charge in [0.2, 0.25) is 0 Å². The van der Waals surface area contributed by atoms with Gasteiger partial charge in [0, 0.05) is 6.07 Å². The highest BCUT2D eigenvalue weighted by Gasteiger charge is 2.30. The van der Waals surface area contributed by atoms with Crippen molar-refractivity contribution in [3.63, 3.8) is 0 Å². The summed E-state index contributed by atoms with van der Waals surface area (Å²) >= 11 is 0. The summed E-state index contributed by atoms with van der Waals surface area (Å²) in [5.41, 5.74) is -0.979. The summed E-state index contributed by atoms with van der Waals surface area (Å²) in [6.07, 6.45) is -4.56. The van der Waals surface area contributed by atoms with E-state index in [1.54, 1.807) is 0 Å². The topological polar surface area (TPSA) is 43.4 Å². The molecular formula is C13H8F4O3S. The Labute approximate surface area is 117 Å². The van der Waals surface area contributed by atoms with Crippen molar-refractivity contribution >= 4 is 10.1 Å². The van der Waals surface area contributed by atoms with Crippen LogP contribution in [-0.4, -0.2) is 8.42 Å². The fourth-order valence-corrected chi connectivity index (χ4v) is 2.43. The van der Waals surface area contributed by atoms with Gasteiger partial charge in [-0.1, -0.05) is 6.07 Å². The van der Waals surface area contributed by atoms with Crippen LogP contribution in [0.2, 0.25) is 0 Å². The number of hydrogen-bond donors (Lipinski definition) is 0. The molecule has 0 saturated heterocycles. The van der Waals surface area contributed by atoms with E-state index < -0.39 is 32.6 Å². The predicted octanol–water partition coefficient (Wildman–Crippen LogP) is 3.61. The van der Waals surface area contributed by atoms with Gasteiger partial charge >= 0.3 is 16.3 Å². The smallest absolute Gasteiger partial charge is 0.379 e. The van der Waals surface area contributed by atoms with E-state index in [4.69, 9.17) is 0 Å². The van der Waals surface area contributed by atoms with Gasteiger partial charge in [-0.25, -0.2) is 4.39 Å². The van der Waals surface area contributed by atoms with Crippen molar-refractivity contribution < 1.29 is 30.2 Å². The zero-order chi connectivity index (χ0) is 15.7. The van der Waals surface area contributed by atoms with Crippen LogP contribution in [0.25, 0.3) is 0 Å². The van der Waals surface area contributed by atoms with Gasteiger partial charge in [0.25, 0.3) is 0 Å². The summed E-state index contributed by atoms with van der Waals surface area (Å²) in [4.78, 5) is -0.459. The highest BCUT2D eigenvalue weighted by atomic mass is 32.2. The Morgan fingerprint density at radius 2 is 1.57 bits per heavy atom. The standard InChI is InChI=1S/C13H8F4O3S/c14-10-2-1-3-11(8-10)20-21(18,19)12-6-4-9(5-7-12)13(15,16)17/h1-8H. The van der Waals surface area contributed by atoms with E-state index in [1.807, 2.05) is 0 Å². The Kier molecular flexibility index (Phi) is 3.91. The molecule has 0 aliphatic carbocycles. The van der Waals surface area contributed by atoms with Crippen molar-refractivity contribution in [1.29, 1.82) is 0 Å². The van der Waals surface area contributed by atoms with Crippen LogP contribution >= 0.6 is 0 Å².